The normalized spacial score (nSPS) is 19.4. The van der Waals surface area contributed by atoms with Crippen LogP contribution < -0.4 is 5.73 Å². The first-order valence-electron chi connectivity index (χ1n) is 6.03. The van der Waals surface area contributed by atoms with E-state index < -0.39 is 17.1 Å². The summed E-state index contributed by atoms with van der Waals surface area (Å²) in [5.41, 5.74) is 3.87. The fraction of sp³-hybridized carbons (Fsp3) is 0.833. The van der Waals surface area contributed by atoms with Crippen molar-refractivity contribution in [2.24, 2.45) is 5.73 Å². The Hall–Kier alpha value is -1.30. The molecule has 0 spiro atoms. The van der Waals surface area contributed by atoms with Gasteiger partial charge in [0.2, 0.25) is 5.91 Å². The lowest BCUT2D eigenvalue weighted by Gasteiger charge is -2.38. The Bertz CT molecular complexity index is 327. The largest absolute Gasteiger partial charge is 0.444 e. The van der Waals surface area contributed by atoms with E-state index in [-0.39, 0.29) is 6.09 Å². The van der Waals surface area contributed by atoms with Crippen LogP contribution in [-0.2, 0) is 14.3 Å². The van der Waals surface area contributed by atoms with E-state index in [0.29, 0.717) is 25.9 Å². The molecular weight excluding hydrogens is 236 g/mol. The van der Waals surface area contributed by atoms with Gasteiger partial charge in [0, 0.05) is 33.0 Å². The number of carbonyl (C=O) groups excluding carboxylic acids is 2. The van der Waals surface area contributed by atoms with E-state index in [1.54, 1.807) is 4.90 Å². The van der Waals surface area contributed by atoms with Gasteiger partial charge in [-0.1, -0.05) is 0 Å². The van der Waals surface area contributed by atoms with Crippen molar-refractivity contribution < 1.29 is 19.1 Å². The number of hydrogen-bond donors (Lipinski definition) is 1. The first-order chi connectivity index (χ1) is 8.20. The number of likely N-dealkylation sites (tertiary alicyclic amines) is 1. The summed E-state index contributed by atoms with van der Waals surface area (Å²) in [5.74, 6) is -0.478. The molecule has 18 heavy (non-hydrogen) atoms. The van der Waals surface area contributed by atoms with Gasteiger partial charge in [-0.15, -0.1) is 0 Å². The number of nitrogens with two attached hydrogens (primary N) is 1. The van der Waals surface area contributed by atoms with Gasteiger partial charge in [-0.2, -0.15) is 0 Å². The van der Waals surface area contributed by atoms with Crippen LogP contribution in [0.5, 0.6) is 0 Å². The van der Waals surface area contributed by atoms with E-state index in [2.05, 4.69) is 0 Å². The van der Waals surface area contributed by atoms with Crippen molar-refractivity contribution in [1.82, 2.24) is 4.90 Å². The van der Waals surface area contributed by atoms with E-state index in [4.69, 9.17) is 15.2 Å². The quantitative estimate of drug-likeness (QED) is 0.797. The average molecular weight is 258 g/mol. The van der Waals surface area contributed by atoms with E-state index >= 15 is 0 Å². The van der Waals surface area contributed by atoms with Gasteiger partial charge in [-0.3, -0.25) is 4.79 Å². The summed E-state index contributed by atoms with van der Waals surface area (Å²) in [7, 11) is 1.47. The minimum atomic E-state index is -0.946. The van der Waals surface area contributed by atoms with E-state index in [0.717, 1.165) is 0 Å². The van der Waals surface area contributed by atoms with Gasteiger partial charge in [0.05, 0.1) is 0 Å². The predicted molar refractivity (Wildman–Crippen MR) is 66.0 cm³/mol. The Labute approximate surface area is 107 Å². The number of ether oxygens (including phenoxy) is 2. The minimum Gasteiger partial charge on any atom is -0.444 e. The predicted octanol–water partition coefficient (Wildman–Crippen LogP) is 0.888. The number of carbonyl (C=O) groups is 2. The van der Waals surface area contributed by atoms with Gasteiger partial charge in [0.1, 0.15) is 11.2 Å². The molecule has 1 aliphatic rings. The molecule has 1 heterocycles. The second-order valence-corrected chi connectivity index (χ2v) is 5.53. The number of methoxy groups -OCH3 is 1. The van der Waals surface area contributed by atoms with Crippen molar-refractivity contribution in [2.45, 2.75) is 44.8 Å². The standard InChI is InChI=1S/C12H22N2O4/c1-11(2,3)18-10(16)14-7-5-12(17-4,6-8-14)9(13)15/h5-8H2,1-4H3,(H2,13,15). The molecule has 0 aromatic carbocycles. The second kappa shape index (κ2) is 5.14. The van der Waals surface area contributed by atoms with Crippen molar-refractivity contribution in [3.05, 3.63) is 0 Å². The highest BCUT2D eigenvalue weighted by Gasteiger charge is 2.41. The molecule has 2 amide bonds. The van der Waals surface area contributed by atoms with E-state index in [9.17, 15) is 9.59 Å². The second-order valence-electron chi connectivity index (χ2n) is 5.53. The molecule has 6 nitrogen and oxygen atoms in total. The maximum absolute atomic E-state index is 11.8. The number of piperidine rings is 1. The summed E-state index contributed by atoms with van der Waals surface area (Å²) < 4.78 is 10.5. The summed E-state index contributed by atoms with van der Waals surface area (Å²) in [5, 5.41) is 0. The van der Waals surface area contributed by atoms with Gasteiger partial charge >= 0.3 is 6.09 Å². The number of amides is 2. The zero-order chi connectivity index (χ0) is 14.0. The molecule has 0 saturated carbocycles. The van der Waals surface area contributed by atoms with Gasteiger partial charge in [0.25, 0.3) is 0 Å². The van der Waals surface area contributed by atoms with Gasteiger partial charge in [-0.25, -0.2) is 4.79 Å². The molecule has 1 fully saturated rings. The van der Waals surface area contributed by atoms with Crippen LogP contribution in [0.1, 0.15) is 33.6 Å². The van der Waals surface area contributed by atoms with Crippen molar-refractivity contribution in [1.29, 1.82) is 0 Å². The van der Waals surface area contributed by atoms with Crippen molar-refractivity contribution >= 4 is 12.0 Å². The summed E-state index contributed by atoms with van der Waals surface area (Å²) in [6.45, 7) is 6.27. The molecule has 0 bridgehead atoms. The van der Waals surface area contributed by atoms with Crippen LogP contribution in [0.15, 0.2) is 0 Å². The molecule has 6 heteroatoms. The van der Waals surface area contributed by atoms with Gasteiger partial charge in [0.15, 0.2) is 0 Å². The van der Waals surface area contributed by atoms with Crippen LogP contribution in [0.4, 0.5) is 4.79 Å². The maximum atomic E-state index is 11.8. The Morgan fingerprint density at radius 3 is 2.06 bits per heavy atom. The third kappa shape index (κ3) is 3.35. The highest BCUT2D eigenvalue weighted by Crippen LogP contribution is 2.26. The van der Waals surface area contributed by atoms with Crippen LogP contribution in [0.2, 0.25) is 0 Å². The number of rotatable bonds is 2. The van der Waals surface area contributed by atoms with Crippen LogP contribution in [0, 0.1) is 0 Å². The summed E-state index contributed by atoms with van der Waals surface area (Å²) in [6, 6.07) is 0. The molecule has 0 aromatic heterocycles. The van der Waals surface area contributed by atoms with E-state index in [1.165, 1.54) is 7.11 Å². The maximum Gasteiger partial charge on any atom is 0.410 e. The van der Waals surface area contributed by atoms with Crippen LogP contribution in [0.25, 0.3) is 0 Å². The molecule has 0 aliphatic carbocycles. The zero-order valence-electron chi connectivity index (χ0n) is 11.5. The first-order valence-corrected chi connectivity index (χ1v) is 6.03. The lowest BCUT2D eigenvalue weighted by atomic mass is 9.90. The van der Waals surface area contributed by atoms with Gasteiger partial charge < -0.3 is 20.1 Å². The summed E-state index contributed by atoms with van der Waals surface area (Å²) in [6.07, 6.45) is 0.438. The lowest BCUT2D eigenvalue weighted by Crippen LogP contribution is -2.55. The third-order valence-electron chi connectivity index (χ3n) is 3.06. The number of primary amides is 1. The Morgan fingerprint density at radius 1 is 1.22 bits per heavy atom. The fourth-order valence-corrected chi connectivity index (χ4v) is 1.93. The molecule has 0 aromatic rings. The topological polar surface area (TPSA) is 81.9 Å². The smallest absolute Gasteiger partial charge is 0.410 e. The highest BCUT2D eigenvalue weighted by atomic mass is 16.6. The van der Waals surface area contributed by atoms with Crippen molar-refractivity contribution in [3.63, 3.8) is 0 Å². The SMILES string of the molecule is COC1(C(N)=O)CCN(C(=O)OC(C)(C)C)CC1. The molecule has 0 radical (unpaired) electrons. The third-order valence-corrected chi connectivity index (χ3v) is 3.06. The van der Waals surface area contributed by atoms with Gasteiger partial charge in [-0.05, 0) is 20.8 Å². The fourth-order valence-electron chi connectivity index (χ4n) is 1.93. The zero-order valence-corrected chi connectivity index (χ0v) is 11.5. The Kier molecular flexibility index (Phi) is 4.21. The summed E-state index contributed by atoms with van der Waals surface area (Å²) >= 11 is 0. The molecule has 0 atom stereocenters. The van der Waals surface area contributed by atoms with Crippen molar-refractivity contribution in [3.8, 4) is 0 Å². The van der Waals surface area contributed by atoms with E-state index in [1.807, 2.05) is 20.8 Å². The average Bonchev–Trinajstić information content (AvgIpc) is 2.26. The summed E-state index contributed by atoms with van der Waals surface area (Å²) in [4.78, 5) is 24.8. The Balaban J connectivity index is 2.58. The number of nitrogens with zero attached hydrogens (tertiary/aromatic N) is 1. The van der Waals surface area contributed by atoms with Crippen molar-refractivity contribution in [2.75, 3.05) is 20.2 Å². The number of hydrogen-bond acceptors (Lipinski definition) is 4. The van der Waals surface area contributed by atoms with Crippen LogP contribution in [0.3, 0.4) is 0 Å². The highest BCUT2D eigenvalue weighted by molar-refractivity contribution is 5.84. The molecule has 1 aliphatic heterocycles. The molecule has 2 N–H and O–H groups in total. The Morgan fingerprint density at radius 2 is 1.72 bits per heavy atom. The molecule has 1 saturated heterocycles. The minimum absolute atomic E-state index is 0.364. The van der Waals surface area contributed by atoms with Crippen LogP contribution in [-0.4, -0.2) is 48.3 Å². The first kappa shape index (κ1) is 14.8. The lowest BCUT2D eigenvalue weighted by molar-refractivity contribution is -0.145. The van der Waals surface area contributed by atoms with Crippen LogP contribution >= 0.6 is 0 Å². The molecular formula is C12H22N2O4. The monoisotopic (exact) mass is 258 g/mol. The molecule has 1 rings (SSSR count). The molecule has 0 unspecified atom stereocenters. The molecule has 104 valence electrons.